The van der Waals surface area contributed by atoms with Gasteiger partial charge < -0.3 is 14.2 Å². The second kappa shape index (κ2) is 5.58. The van der Waals surface area contributed by atoms with E-state index >= 15 is 0 Å². The highest BCUT2D eigenvalue weighted by Gasteiger charge is 2.07. The van der Waals surface area contributed by atoms with E-state index in [4.69, 9.17) is 8.83 Å². The van der Waals surface area contributed by atoms with Gasteiger partial charge in [0, 0.05) is 0 Å². The standard InChI is InChI=1S/C11H12N2O3S/c1-8-6-16-11(13-8)17-7-10(14)12-5-9-3-2-4-15-9/h2-4,6H,5,7H2,1H3,(H,12,14). The molecule has 6 heteroatoms. The summed E-state index contributed by atoms with van der Waals surface area (Å²) in [5.41, 5.74) is 0.809. The highest BCUT2D eigenvalue weighted by molar-refractivity contribution is 7.99. The molecule has 0 saturated heterocycles. The van der Waals surface area contributed by atoms with Gasteiger partial charge in [-0.3, -0.25) is 4.79 Å². The monoisotopic (exact) mass is 252 g/mol. The minimum atomic E-state index is -0.0812. The number of carbonyl (C=O) groups excluding carboxylic acids is 1. The second-order valence-corrected chi connectivity index (χ2v) is 4.33. The van der Waals surface area contributed by atoms with Gasteiger partial charge in [-0.05, 0) is 19.1 Å². The zero-order chi connectivity index (χ0) is 12.1. The maximum Gasteiger partial charge on any atom is 0.256 e. The molecule has 0 unspecified atom stereocenters. The van der Waals surface area contributed by atoms with Gasteiger partial charge in [0.1, 0.15) is 12.0 Å². The molecule has 0 spiro atoms. The van der Waals surface area contributed by atoms with Gasteiger partial charge in [0.25, 0.3) is 5.22 Å². The Kier molecular flexibility index (Phi) is 3.87. The van der Waals surface area contributed by atoms with Crippen LogP contribution in [0.1, 0.15) is 11.5 Å². The van der Waals surface area contributed by atoms with Crippen LogP contribution < -0.4 is 5.32 Å². The summed E-state index contributed by atoms with van der Waals surface area (Å²) in [5, 5.41) is 3.25. The van der Waals surface area contributed by atoms with Gasteiger partial charge in [0.15, 0.2) is 0 Å². The van der Waals surface area contributed by atoms with Crippen molar-refractivity contribution in [1.82, 2.24) is 10.3 Å². The summed E-state index contributed by atoms with van der Waals surface area (Å²) in [6, 6.07) is 3.59. The number of oxazole rings is 1. The van der Waals surface area contributed by atoms with Gasteiger partial charge >= 0.3 is 0 Å². The van der Waals surface area contributed by atoms with Gasteiger partial charge in [0.05, 0.1) is 24.3 Å². The molecular weight excluding hydrogens is 240 g/mol. The van der Waals surface area contributed by atoms with Crippen LogP contribution in [0.2, 0.25) is 0 Å². The fourth-order valence-electron chi connectivity index (χ4n) is 1.18. The number of aryl methyl sites for hydroxylation is 1. The van der Waals surface area contributed by atoms with E-state index in [1.807, 2.05) is 13.0 Å². The zero-order valence-corrected chi connectivity index (χ0v) is 10.1. The molecular formula is C11H12N2O3S. The number of nitrogens with zero attached hydrogens (tertiary/aromatic N) is 1. The molecule has 0 aliphatic carbocycles. The molecule has 0 fully saturated rings. The van der Waals surface area contributed by atoms with E-state index in [-0.39, 0.29) is 11.7 Å². The first kappa shape index (κ1) is 11.8. The molecule has 2 rings (SSSR count). The van der Waals surface area contributed by atoms with E-state index in [0.717, 1.165) is 11.5 Å². The minimum Gasteiger partial charge on any atom is -0.467 e. The Bertz CT molecular complexity index is 479. The first-order chi connectivity index (χ1) is 8.24. The number of rotatable bonds is 5. The van der Waals surface area contributed by atoms with Gasteiger partial charge in [-0.2, -0.15) is 0 Å². The summed E-state index contributed by atoms with van der Waals surface area (Å²) in [6.07, 6.45) is 3.13. The van der Waals surface area contributed by atoms with Crippen LogP contribution in [0, 0.1) is 6.92 Å². The lowest BCUT2D eigenvalue weighted by Crippen LogP contribution is -2.24. The Morgan fingerprint density at radius 3 is 3.06 bits per heavy atom. The molecule has 0 saturated carbocycles. The maximum absolute atomic E-state index is 11.5. The van der Waals surface area contributed by atoms with Crippen LogP contribution in [0.5, 0.6) is 0 Å². The Balaban J connectivity index is 1.71. The van der Waals surface area contributed by atoms with Crippen molar-refractivity contribution in [1.29, 1.82) is 0 Å². The Labute approximate surface area is 103 Å². The number of thioether (sulfide) groups is 1. The number of hydrogen-bond donors (Lipinski definition) is 1. The van der Waals surface area contributed by atoms with Gasteiger partial charge in [0.2, 0.25) is 5.91 Å². The highest BCUT2D eigenvalue weighted by atomic mass is 32.2. The number of carbonyl (C=O) groups is 1. The van der Waals surface area contributed by atoms with Crippen LogP contribution in [0.3, 0.4) is 0 Å². The summed E-state index contributed by atoms with van der Waals surface area (Å²) in [7, 11) is 0. The number of furan rings is 1. The van der Waals surface area contributed by atoms with Crippen LogP contribution in [0.25, 0.3) is 0 Å². The van der Waals surface area contributed by atoms with Gasteiger partial charge in [-0.15, -0.1) is 0 Å². The summed E-state index contributed by atoms with van der Waals surface area (Å²) in [4.78, 5) is 15.6. The molecule has 0 aromatic carbocycles. The largest absolute Gasteiger partial charge is 0.467 e. The molecule has 5 nitrogen and oxygen atoms in total. The summed E-state index contributed by atoms with van der Waals surface area (Å²) in [5.74, 6) is 0.929. The molecule has 0 atom stereocenters. The van der Waals surface area contributed by atoms with E-state index in [0.29, 0.717) is 11.8 Å². The maximum atomic E-state index is 11.5. The highest BCUT2D eigenvalue weighted by Crippen LogP contribution is 2.16. The van der Waals surface area contributed by atoms with Crippen LogP contribution >= 0.6 is 11.8 Å². The smallest absolute Gasteiger partial charge is 0.256 e. The van der Waals surface area contributed by atoms with E-state index in [1.54, 1.807) is 18.6 Å². The zero-order valence-electron chi connectivity index (χ0n) is 9.30. The minimum absolute atomic E-state index is 0.0812. The number of aromatic nitrogens is 1. The molecule has 1 amide bonds. The third-order valence-electron chi connectivity index (χ3n) is 1.96. The van der Waals surface area contributed by atoms with Crippen LogP contribution in [0.4, 0.5) is 0 Å². The van der Waals surface area contributed by atoms with Crippen LogP contribution in [-0.4, -0.2) is 16.6 Å². The number of amides is 1. The van der Waals surface area contributed by atoms with E-state index in [9.17, 15) is 4.79 Å². The topological polar surface area (TPSA) is 68.3 Å². The Morgan fingerprint density at radius 1 is 1.53 bits per heavy atom. The number of nitrogens with one attached hydrogen (secondary N) is 1. The van der Waals surface area contributed by atoms with Gasteiger partial charge in [-0.25, -0.2) is 4.98 Å². The molecule has 1 N–H and O–H groups in total. The third-order valence-corrected chi connectivity index (χ3v) is 2.81. The third kappa shape index (κ3) is 3.67. The second-order valence-electron chi connectivity index (χ2n) is 3.40. The van der Waals surface area contributed by atoms with Crippen molar-refractivity contribution in [2.75, 3.05) is 5.75 Å². The summed E-state index contributed by atoms with van der Waals surface area (Å²) in [6.45, 7) is 2.24. The average Bonchev–Trinajstić information content (AvgIpc) is 2.95. The van der Waals surface area contributed by atoms with Crippen molar-refractivity contribution in [3.63, 3.8) is 0 Å². The average molecular weight is 252 g/mol. The molecule has 2 aromatic heterocycles. The lowest BCUT2D eigenvalue weighted by Gasteiger charge is -2.00. The Morgan fingerprint density at radius 2 is 2.41 bits per heavy atom. The van der Waals surface area contributed by atoms with Gasteiger partial charge in [-0.1, -0.05) is 11.8 Å². The molecule has 0 bridgehead atoms. The molecule has 0 aliphatic rings. The normalized spacial score (nSPS) is 10.4. The lowest BCUT2D eigenvalue weighted by molar-refractivity contribution is -0.118. The van der Waals surface area contributed by atoms with Crippen LogP contribution in [-0.2, 0) is 11.3 Å². The van der Waals surface area contributed by atoms with Crippen LogP contribution in [0.15, 0.2) is 38.7 Å². The molecule has 2 aromatic rings. The molecule has 2 heterocycles. The summed E-state index contributed by atoms with van der Waals surface area (Å²) >= 11 is 1.27. The van der Waals surface area contributed by atoms with Crippen molar-refractivity contribution in [2.24, 2.45) is 0 Å². The molecule has 90 valence electrons. The SMILES string of the molecule is Cc1coc(SCC(=O)NCc2ccco2)n1. The summed E-state index contributed by atoms with van der Waals surface area (Å²) < 4.78 is 10.2. The van der Waals surface area contributed by atoms with Crippen molar-refractivity contribution in [3.05, 3.63) is 36.1 Å². The quantitative estimate of drug-likeness (QED) is 0.824. The van der Waals surface area contributed by atoms with E-state index in [2.05, 4.69) is 10.3 Å². The Hall–Kier alpha value is -1.69. The predicted octanol–water partition coefficient (Wildman–Crippen LogP) is 1.98. The van der Waals surface area contributed by atoms with Crippen molar-refractivity contribution >= 4 is 17.7 Å². The fourth-order valence-corrected chi connectivity index (χ4v) is 1.86. The van der Waals surface area contributed by atoms with Crippen molar-refractivity contribution < 1.29 is 13.6 Å². The first-order valence-corrected chi connectivity index (χ1v) is 6.06. The van der Waals surface area contributed by atoms with E-state index in [1.165, 1.54) is 11.8 Å². The molecule has 0 aliphatic heterocycles. The fraction of sp³-hybridized carbons (Fsp3) is 0.273. The molecule has 17 heavy (non-hydrogen) atoms. The number of hydrogen-bond acceptors (Lipinski definition) is 5. The lowest BCUT2D eigenvalue weighted by atomic mass is 10.4. The van der Waals surface area contributed by atoms with E-state index < -0.39 is 0 Å². The predicted molar refractivity (Wildman–Crippen MR) is 62.5 cm³/mol. The molecule has 0 radical (unpaired) electrons. The van der Waals surface area contributed by atoms with Crippen molar-refractivity contribution in [3.8, 4) is 0 Å². The first-order valence-electron chi connectivity index (χ1n) is 5.08. The van der Waals surface area contributed by atoms with Crippen molar-refractivity contribution in [2.45, 2.75) is 18.7 Å².